The minimum atomic E-state index is -0.232. The maximum atomic E-state index is 12.4. The number of anilines is 1. The van der Waals surface area contributed by atoms with E-state index in [1.807, 2.05) is 38.0 Å². The van der Waals surface area contributed by atoms with Crippen LogP contribution in [-0.4, -0.2) is 30.6 Å². The fourth-order valence-corrected chi connectivity index (χ4v) is 3.56. The summed E-state index contributed by atoms with van der Waals surface area (Å²) >= 11 is 0. The van der Waals surface area contributed by atoms with Crippen LogP contribution in [0.15, 0.2) is 18.5 Å². The Morgan fingerprint density at radius 3 is 2.96 bits per heavy atom. The molecule has 2 N–H and O–H groups in total. The smallest absolute Gasteiger partial charge is 0.319 e. The monoisotopic (exact) mass is 339 g/mol. The molecular formula is C17H21N7O. The number of pyridine rings is 1. The molecule has 0 radical (unpaired) electrons. The number of fused-ring (bicyclic) bond motifs is 2. The molecule has 8 heteroatoms. The molecule has 1 aliphatic rings. The van der Waals surface area contributed by atoms with E-state index in [0.29, 0.717) is 5.69 Å². The highest BCUT2D eigenvalue weighted by Gasteiger charge is 2.24. The first-order valence-corrected chi connectivity index (χ1v) is 8.40. The number of nitrogens with one attached hydrogen (secondary N) is 2. The lowest BCUT2D eigenvalue weighted by Crippen LogP contribution is -2.34. The fourth-order valence-electron chi connectivity index (χ4n) is 3.56. The summed E-state index contributed by atoms with van der Waals surface area (Å²) in [4.78, 5) is 16.8. The van der Waals surface area contributed by atoms with Crippen LogP contribution in [0, 0.1) is 6.92 Å². The van der Waals surface area contributed by atoms with Crippen molar-refractivity contribution in [1.82, 2.24) is 29.9 Å². The van der Waals surface area contributed by atoms with E-state index in [9.17, 15) is 4.79 Å². The topological polar surface area (TPSA) is 89.7 Å². The van der Waals surface area contributed by atoms with Gasteiger partial charge in [-0.05, 0) is 32.3 Å². The second-order valence-electron chi connectivity index (χ2n) is 6.52. The zero-order valence-corrected chi connectivity index (χ0v) is 14.6. The minimum absolute atomic E-state index is 0.00531. The molecule has 4 rings (SSSR count). The van der Waals surface area contributed by atoms with E-state index in [2.05, 4.69) is 25.8 Å². The lowest BCUT2D eigenvalue weighted by atomic mass is 9.93. The Bertz CT molecular complexity index is 955. The van der Waals surface area contributed by atoms with Gasteiger partial charge in [0.2, 0.25) is 0 Å². The molecule has 8 nitrogen and oxygen atoms in total. The highest BCUT2D eigenvalue weighted by Crippen LogP contribution is 2.29. The Balaban J connectivity index is 1.50. The molecule has 0 fully saturated rings. The number of rotatable bonds is 2. The molecule has 2 amide bonds. The third-order valence-electron chi connectivity index (χ3n) is 4.80. The molecule has 1 aliphatic carbocycles. The van der Waals surface area contributed by atoms with Gasteiger partial charge < -0.3 is 10.6 Å². The molecule has 0 aromatic carbocycles. The van der Waals surface area contributed by atoms with Gasteiger partial charge in [0.1, 0.15) is 0 Å². The minimum Gasteiger partial charge on any atom is -0.331 e. The van der Waals surface area contributed by atoms with Crippen LogP contribution < -0.4 is 10.6 Å². The van der Waals surface area contributed by atoms with E-state index in [1.54, 1.807) is 10.9 Å². The second-order valence-corrected chi connectivity index (χ2v) is 6.52. The largest absolute Gasteiger partial charge is 0.331 e. The number of hydrogen-bond donors (Lipinski definition) is 2. The summed E-state index contributed by atoms with van der Waals surface area (Å²) in [7, 11) is 3.80. The number of hydrogen-bond acceptors (Lipinski definition) is 4. The molecule has 3 aromatic rings. The molecule has 1 atom stereocenters. The summed E-state index contributed by atoms with van der Waals surface area (Å²) < 4.78 is 3.63. The van der Waals surface area contributed by atoms with Crippen molar-refractivity contribution in [3.8, 4) is 0 Å². The highest BCUT2D eigenvalue weighted by molar-refractivity contribution is 5.92. The second kappa shape index (κ2) is 5.87. The number of aryl methyl sites for hydroxylation is 3. The molecule has 3 heterocycles. The van der Waals surface area contributed by atoms with Crippen LogP contribution in [0.25, 0.3) is 11.0 Å². The van der Waals surface area contributed by atoms with Gasteiger partial charge in [0, 0.05) is 30.7 Å². The first-order valence-electron chi connectivity index (χ1n) is 8.40. The van der Waals surface area contributed by atoms with Crippen molar-refractivity contribution in [1.29, 1.82) is 0 Å². The van der Waals surface area contributed by atoms with Crippen LogP contribution in [0.1, 0.15) is 35.8 Å². The molecule has 3 aromatic heterocycles. The first-order chi connectivity index (χ1) is 12.0. The van der Waals surface area contributed by atoms with Crippen LogP contribution in [0.4, 0.5) is 10.5 Å². The van der Waals surface area contributed by atoms with Crippen molar-refractivity contribution in [3.05, 3.63) is 35.4 Å². The van der Waals surface area contributed by atoms with Crippen molar-refractivity contribution in [2.24, 2.45) is 14.1 Å². The van der Waals surface area contributed by atoms with Crippen molar-refractivity contribution in [3.63, 3.8) is 0 Å². The number of carbonyl (C=O) groups excluding carboxylic acids is 1. The summed E-state index contributed by atoms with van der Waals surface area (Å²) in [6.45, 7) is 1.93. The Hall–Kier alpha value is -2.90. The fraction of sp³-hybridized carbons (Fsp3) is 0.412. The van der Waals surface area contributed by atoms with Gasteiger partial charge in [0.15, 0.2) is 5.65 Å². The SMILES string of the molecule is Cc1nn(C)c2ncc(NC(=O)N[C@@H]3CCCc4c3cnn4C)cc12. The molecular weight excluding hydrogens is 318 g/mol. The Morgan fingerprint density at radius 2 is 2.12 bits per heavy atom. The van der Waals surface area contributed by atoms with Gasteiger partial charge in [-0.25, -0.2) is 9.78 Å². The van der Waals surface area contributed by atoms with Gasteiger partial charge >= 0.3 is 6.03 Å². The van der Waals surface area contributed by atoms with Crippen LogP contribution in [0.2, 0.25) is 0 Å². The molecule has 0 spiro atoms. The molecule has 130 valence electrons. The number of carbonyl (C=O) groups is 1. The van der Waals surface area contributed by atoms with Crippen LogP contribution in [0.3, 0.4) is 0 Å². The van der Waals surface area contributed by atoms with Crippen LogP contribution in [-0.2, 0) is 20.5 Å². The van der Waals surface area contributed by atoms with Gasteiger partial charge in [-0.1, -0.05) is 0 Å². The maximum Gasteiger partial charge on any atom is 0.319 e. The number of nitrogens with zero attached hydrogens (tertiary/aromatic N) is 5. The third-order valence-corrected chi connectivity index (χ3v) is 4.80. The zero-order chi connectivity index (χ0) is 17.6. The molecule has 0 saturated carbocycles. The summed E-state index contributed by atoms with van der Waals surface area (Å²) in [5.74, 6) is 0. The van der Waals surface area contributed by atoms with Crippen molar-refractivity contribution >= 4 is 22.8 Å². The van der Waals surface area contributed by atoms with Gasteiger partial charge in [0.05, 0.1) is 29.8 Å². The van der Waals surface area contributed by atoms with E-state index in [1.165, 1.54) is 5.69 Å². The summed E-state index contributed by atoms with van der Waals surface area (Å²) in [5.41, 5.74) is 4.66. The first kappa shape index (κ1) is 15.6. The summed E-state index contributed by atoms with van der Waals surface area (Å²) in [6, 6.07) is 1.67. The lowest BCUT2D eigenvalue weighted by Gasteiger charge is -2.23. The van der Waals surface area contributed by atoms with Gasteiger partial charge in [-0.15, -0.1) is 0 Å². The summed E-state index contributed by atoms with van der Waals surface area (Å²) in [6.07, 6.45) is 6.48. The Labute approximate surface area is 145 Å². The van der Waals surface area contributed by atoms with E-state index in [4.69, 9.17) is 0 Å². The van der Waals surface area contributed by atoms with Crippen molar-refractivity contribution in [2.45, 2.75) is 32.2 Å². The van der Waals surface area contributed by atoms with Gasteiger partial charge in [0.25, 0.3) is 0 Å². The highest BCUT2D eigenvalue weighted by atomic mass is 16.2. The van der Waals surface area contributed by atoms with Crippen LogP contribution >= 0.6 is 0 Å². The number of aromatic nitrogens is 5. The Morgan fingerprint density at radius 1 is 1.28 bits per heavy atom. The van der Waals surface area contributed by atoms with Gasteiger partial charge in [-0.3, -0.25) is 9.36 Å². The van der Waals surface area contributed by atoms with Crippen molar-refractivity contribution < 1.29 is 4.79 Å². The Kier molecular flexibility index (Phi) is 3.67. The molecule has 0 unspecified atom stereocenters. The van der Waals surface area contributed by atoms with Gasteiger partial charge in [-0.2, -0.15) is 10.2 Å². The lowest BCUT2D eigenvalue weighted by molar-refractivity contribution is 0.247. The molecule has 0 saturated heterocycles. The average molecular weight is 339 g/mol. The third kappa shape index (κ3) is 2.73. The van der Waals surface area contributed by atoms with E-state index in [-0.39, 0.29) is 12.1 Å². The molecule has 0 bridgehead atoms. The predicted molar refractivity (Wildman–Crippen MR) is 94.3 cm³/mol. The average Bonchev–Trinajstić information content (AvgIpc) is 3.09. The quantitative estimate of drug-likeness (QED) is 0.749. The van der Waals surface area contributed by atoms with Crippen molar-refractivity contribution in [2.75, 3.05) is 5.32 Å². The standard InChI is InChI=1S/C17H21N7O/c1-10-12-7-11(8-18-16(12)24(3)22-10)20-17(25)21-14-5-4-6-15-13(14)9-19-23(15)2/h7-9,14H,4-6H2,1-3H3,(H2,20,21,25)/t14-/m1/s1. The van der Waals surface area contributed by atoms with E-state index >= 15 is 0 Å². The molecule has 25 heavy (non-hydrogen) atoms. The van der Waals surface area contributed by atoms with Crippen LogP contribution in [0.5, 0.6) is 0 Å². The molecule has 0 aliphatic heterocycles. The maximum absolute atomic E-state index is 12.4. The number of urea groups is 1. The normalized spacial score (nSPS) is 16.7. The van der Waals surface area contributed by atoms with E-state index in [0.717, 1.165) is 41.6 Å². The number of amides is 2. The van der Waals surface area contributed by atoms with E-state index < -0.39 is 0 Å². The zero-order valence-electron chi connectivity index (χ0n) is 14.6. The summed E-state index contributed by atoms with van der Waals surface area (Å²) in [5, 5.41) is 15.5. The predicted octanol–water partition coefficient (Wildman–Crippen LogP) is 2.21.